The van der Waals surface area contributed by atoms with Crippen LogP contribution in [0.15, 0.2) is 60.7 Å². The first kappa shape index (κ1) is 21.8. The highest BCUT2D eigenvalue weighted by molar-refractivity contribution is 5.83. The molecule has 4 rings (SSSR count). The smallest absolute Gasteiger partial charge is 0.307 e. The standard InChI is InChI=1S/C28H28O4/c1-30-26-16-15-23(18-27(26)32-25-9-5-6-10-25)24(19-28(29)31-2)14-12-20-11-13-21-7-3-4-8-22(21)17-20/h3-4,7-8,11,13,15-18,24-25H,5-6,9-10,19H2,1-2H3/t24-/m0/s1. The van der Waals surface area contributed by atoms with Gasteiger partial charge in [-0.2, -0.15) is 0 Å². The monoisotopic (exact) mass is 428 g/mol. The lowest BCUT2D eigenvalue weighted by molar-refractivity contribution is -0.140. The molecule has 1 aliphatic carbocycles. The van der Waals surface area contributed by atoms with Gasteiger partial charge in [0, 0.05) is 5.56 Å². The van der Waals surface area contributed by atoms with E-state index in [1.807, 2.05) is 36.4 Å². The highest BCUT2D eigenvalue weighted by atomic mass is 16.5. The average molecular weight is 429 g/mol. The third kappa shape index (κ3) is 5.23. The molecule has 0 aromatic heterocycles. The Balaban J connectivity index is 1.65. The number of methoxy groups -OCH3 is 2. The molecule has 0 spiro atoms. The first-order valence-electron chi connectivity index (χ1n) is 11.1. The largest absolute Gasteiger partial charge is 0.493 e. The molecule has 0 heterocycles. The lowest BCUT2D eigenvalue weighted by Crippen LogP contribution is -2.12. The van der Waals surface area contributed by atoms with Crippen LogP contribution in [0.3, 0.4) is 0 Å². The van der Waals surface area contributed by atoms with E-state index in [4.69, 9.17) is 14.2 Å². The van der Waals surface area contributed by atoms with Crippen LogP contribution >= 0.6 is 0 Å². The van der Waals surface area contributed by atoms with Gasteiger partial charge >= 0.3 is 5.97 Å². The predicted octanol–water partition coefficient (Wildman–Crippen LogP) is 5.87. The zero-order valence-electron chi connectivity index (χ0n) is 18.6. The van der Waals surface area contributed by atoms with Gasteiger partial charge in [0.15, 0.2) is 11.5 Å². The maximum atomic E-state index is 12.1. The summed E-state index contributed by atoms with van der Waals surface area (Å²) in [5.74, 6) is 7.34. The highest BCUT2D eigenvalue weighted by Crippen LogP contribution is 2.35. The molecule has 0 bridgehead atoms. The molecule has 0 aliphatic heterocycles. The van der Waals surface area contributed by atoms with Crippen molar-refractivity contribution < 1.29 is 19.0 Å². The van der Waals surface area contributed by atoms with Gasteiger partial charge in [0.05, 0.1) is 32.7 Å². The van der Waals surface area contributed by atoms with E-state index >= 15 is 0 Å². The van der Waals surface area contributed by atoms with Crippen molar-refractivity contribution in [3.05, 3.63) is 71.8 Å². The van der Waals surface area contributed by atoms with Crippen LogP contribution in [-0.2, 0) is 9.53 Å². The van der Waals surface area contributed by atoms with E-state index in [9.17, 15) is 4.79 Å². The Morgan fingerprint density at radius 1 is 0.969 bits per heavy atom. The number of carbonyl (C=O) groups excluding carboxylic acids is 1. The van der Waals surface area contributed by atoms with Gasteiger partial charge in [0.1, 0.15) is 0 Å². The van der Waals surface area contributed by atoms with E-state index < -0.39 is 0 Å². The average Bonchev–Trinajstić information content (AvgIpc) is 3.34. The maximum absolute atomic E-state index is 12.1. The Hall–Kier alpha value is -3.45. The van der Waals surface area contributed by atoms with Crippen LogP contribution in [0.2, 0.25) is 0 Å². The van der Waals surface area contributed by atoms with Crippen molar-refractivity contribution in [1.29, 1.82) is 0 Å². The van der Waals surface area contributed by atoms with E-state index in [2.05, 4.69) is 36.1 Å². The van der Waals surface area contributed by atoms with Crippen LogP contribution in [0.1, 0.15) is 49.1 Å². The molecule has 4 heteroatoms. The van der Waals surface area contributed by atoms with Gasteiger partial charge in [0.2, 0.25) is 0 Å². The molecule has 0 amide bonds. The second-order valence-electron chi connectivity index (χ2n) is 8.10. The predicted molar refractivity (Wildman–Crippen MR) is 126 cm³/mol. The SMILES string of the molecule is COC(=O)C[C@H](C#Cc1ccc2ccccc2c1)c1ccc(OC)c(OC2CCCC2)c1. The highest BCUT2D eigenvalue weighted by Gasteiger charge is 2.21. The Kier molecular flexibility index (Phi) is 6.97. The number of benzene rings is 3. The van der Waals surface area contributed by atoms with Crippen LogP contribution in [-0.4, -0.2) is 26.3 Å². The molecule has 1 aliphatic rings. The minimum atomic E-state index is -0.314. The summed E-state index contributed by atoms with van der Waals surface area (Å²) in [6.07, 6.45) is 4.87. The molecule has 1 saturated carbocycles. The van der Waals surface area contributed by atoms with Crippen LogP contribution in [0.5, 0.6) is 11.5 Å². The minimum Gasteiger partial charge on any atom is -0.493 e. The number of esters is 1. The fourth-order valence-corrected chi connectivity index (χ4v) is 4.13. The van der Waals surface area contributed by atoms with Gasteiger partial charge in [-0.1, -0.05) is 48.2 Å². The third-order valence-corrected chi connectivity index (χ3v) is 5.92. The van der Waals surface area contributed by atoms with Gasteiger partial charge in [-0.05, 0) is 66.3 Å². The molecule has 164 valence electrons. The second-order valence-corrected chi connectivity index (χ2v) is 8.10. The molecule has 0 radical (unpaired) electrons. The fourth-order valence-electron chi connectivity index (χ4n) is 4.13. The van der Waals surface area contributed by atoms with Crippen molar-refractivity contribution in [3.8, 4) is 23.3 Å². The van der Waals surface area contributed by atoms with Crippen molar-refractivity contribution in [2.45, 2.75) is 44.1 Å². The van der Waals surface area contributed by atoms with Gasteiger partial charge in [-0.25, -0.2) is 0 Å². The number of hydrogen-bond acceptors (Lipinski definition) is 4. The van der Waals surface area contributed by atoms with Crippen LogP contribution in [0.4, 0.5) is 0 Å². The molecule has 1 atom stereocenters. The summed E-state index contributed by atoms with van der Waals surface area (Å²) in [6.45, 7) is 0. The molecular weight excluding hydrogens is 400 g/mol. The second kappa shape index (κ2) is 10.2. The summed E-state index contributed by atoms with van der Waals surface area (Å²) in [4.78, 5) is 12.1. The lowest BCUT2D eigenvalue weighted by atomic mass is 9.95. The summed E-state index contributed by atoms with van der Waals surface area (Å²) in [6, 6.07) is 20.1. The van der Waals surface area contributed by atoms with E-state index in [-0.39, 0.29) is 24.4 Å². The van der Waals surface area contributed by atoms with E-state index in [1.165, 1.54) is 25.3 Å². The summed E-state index contributed by atoms with van der Waals surface area (Å²) >= 11 is 0. The first-order valence-corrected chi connectivity index (χ1v) is 11.1. The molecule has 0 unspecified atom stereocenters. The van der Waals surface area contributed by atoms with Gasteiger partial charge in [-0.15, -0.1) is 0 Å². The Labute approximate surface area is 189 Å². The van der Waals surface area contributed by atoms with Crippen LogP contribution < -0.4 is 9.47 Å². The Morgan fingerprint density at radius 2 is 1.75 bits per heavy atom. The zero-order chi connectivity index (χ0) is 22.3. The quantitative estimate of drug-likeness (QED) is 0.364. The van der Waals surface area contributed by atoms with Crippen molar-refractivity contribution in [1.82, 2.24) is 0 Å². The van der Waals surface area contributed by atoms with Gasteiger partial charge in [0.25, 0.3) is 0 Å². The molecule has 3 aromatic rings. The normalized spacial score (nSPS) is 14.4. The topological polar surface area (TPSA) is 44.8 Å². The number of rotatable bonds is 6. The van der Waals surface area contributed by atoms with Crippen LogP contribution in [0, 0.1) is 11.8 Å². The van der Waals surface area contributed by atoms with Crippen molar-refractivity contribution >= 4 is 16.7 Å². The Morgan fingerprint density at radius 3 is 2.50 bits per heavy atom. The fraction of sp³-hybridized carbons (Fsp3) is 0.321. The maximum Gasteiger partial charge on any atom is 0.307 e. The summed E-state index contributed by atoms with van der Waals surface area (Å²) in [5.41, 5.74) is 1.83. The number of fused-ring (bicyclic) bond motifs is 1. The molecule has 3 aromatic carbocycles. The number of hydrogen-bond donors (Lipinski definition) is 0. The molecule has 0 N–H and O–H groups in total. The van der Waals surface area contributed by atoms with Crippen LogP contribution in [0.25, 0.3) is 10.8 Å². The van der Waals surface area contributed by atoms with E-state index in [0.717, 1.165) is 29.4 Å². The summed E-state index contributed by atoms with van der Waals surface area (Å²) in [7, 11) is 3.04. The molecule has 4 nitrogen and oxygen atoms in total. The molecule has 1 fully saturated rings. The molecule has 32 heavy (non-hydrogen) atoms. The first-order chi connectivity index (χ1) is 15.7. The minimum absolute atomic E-state index is 0.173. The third-order valence-electron chi connectivity index (χ3n) is 5.92. The zero-order valence-corrected chi connectivity index (χ0v) is 18.6. The van der Waals surface area contributed by atoms with Gasteiger partial charge < -0.3 is 14.2 Å². The van der Waals surface area contributed by atoms with Crippen molar-refractivity contribution in [2.24, 2.45) is 0 Å². The summed E-state index contributed by atoms with van der Waals surface area (Å²) in [5, 5.41) is 2.31. The molecular formula is C28H28O4. The van der Waals surface area contributed by atoms with Crippen molar-refractivity contribution in [3.63, 3.8) is 0 Å². The lowest BCUT2D eigenvalue weighted by Gasteiger charge is -2.18. The summed E-state index contributed by atoms with van der Waals surface area (Å²) < 4.78 is 16.7. The van der Waals surface area contributed by atoms with E-state index in [0.29, 0.717) is 11.5 Å². The van der Waals surface area contributed by atoms with Crippen molar-refractivity contribution in [2.75, 3.05) is 14.2 Å². The number of ether oxygens (including phenoxy) is 3. The number of carbonyl (C=O) groups is 1. The van der Waals surface area contributed by atoms with E-state index in [1.54, 1.807) is 7.11 Å². The van der Waals surface area contributed by atoms with Gasteiger partial charge in [-0.3, -0.25) is 4.79 Å². The Bertz CT molecular complexity index is 1150. The molecule has 0 saturated heterocycles.